The Morgan fingerprint density at radius 2 is 2.00 bits per heavy atom. The highest BCUT2D eigenvalue weighted by Crippen LogP contribution is 2.34. The third kappa shape index (κ3) is 4.54. The molecule has 3 nitrogen and oxygen atoms in total. The lowest BCUT2D eigenvalue weighted by atomic mass is 9.85. The van der Waals surface area contributed by atoms with E-state index in [1.54, 1.807) is 0 Å². The molecule has 20 heavy (non-hydrogen) atoms. The largest absolute Gasteiger partial charge is 0.342 e. The van der Waals surface area contributed by atoms with Crippen LogP contribution in [0, 0.1) is 5.92 Å². The van der Waals surface area contributed by atoms with E-state index in [9.17, 15) is 4.79 Å². The highest BCUT2D eigenvalue weighted by atomic mass is 35.5. The summed E-state index contributed by atoms with van der Waals surface area (Å²) >= 11 is 2.05. The number of carbonyl (C=O) groups is 1. The van der Waals surface area contributed by atoms with Crippen LogP contribution in [0.3, 0.4) is 0 Å². The summed E-state index contributed by atoms with van der Waals surface area (Å²) < 4.78 is 0. The molecule has 4 atom stereocenters. The molecule has 0 bridgehead atoms. The first-order valence-electron chi connectivity index (χ1n) is 7.75. The first-order valence-corrected chi connectivity index (χ1v) is 8.80. The highest BCUT2D eigenvalue weighted by molar-refractivity contribution is 7.99. The maximum Gasteiger partial charge on any atom is 0.225 e. The predicted octanol–water partition coefficient (Wildman–Crippen LogP) is 3.06. The quantitative estimate of drug-likeness (QED) is 0.866. The zero-order valence-electron chi connectivity index (χ0n) is 12.7. The molecular formula is C15H29ClN2OS. The van der Waals surface area contributed by atoms with Crippen molar-refractivity contribution in [1.29, 1.82) is 0 Å². The van der Waals surface area contributed by atoms with E-state index in [0.29, 0.717) is 11.9 Å². The Labute approximate surface area is 133 Å². The standard InChI is InChI=1S/C15H28N2OS.ClH/c1-3-19-14-8-7-13(10-14)17(2)15(18)11-5-4-6-12(16)9-11;/h11-14H,3-10,16H2,1-2H3;1H. The highest BCUT2D eigenvalue weighted by Gasteiger charge is 2.34. The first-order chi connectivity index (χ1) is 9.11. The van der Waals surface area contributed by atoms with Crippen LogP contribution in [0.5, 0.6) is 0 Å². The van der Waals surface area contributed by atoms with Crippen LogP contribution in [0.15, 0.2) is 0 Å². The molecule has 5 heteroatoms. The molecule has 1 amide bonds. The summed E-state index contributed by atoms with van der Waals surface area (Å²) in [5.41, 5.74) is 6.00. The van der Waals surface area contributed by atoms with Crippen molar-refractivity contribution in [2.45, 2.75) is 69.2 Å². The van der Waals surface area contributed by atoms with Crippen LogP contribution in [-0.2, 0) is 4.79 Å². The van der Waals surface area contributed by atoms with Crippen LogP contribution < -0.4 is 5.73 Å². The topological polar surface area (TPSA) is 46.3 Å². The van der Waals surface area contributed by atoms with Gasteiger partial charge in [-0.05, 0) is 44.3 Å². The molecule has 0 heterocycles. The van der Waals surface area contributed by atoms with E-state index in [2.05, 4.69) is 6.92 Å². The minimum Gasteiger partial charge on any atom is -0.342 e. The number of carbonyl (C=O) groups excluding carboxylic acids is 1. The molecule has 4 unspecified atom stereocenters. The summed E-state index contributed by atoms with van der Waals surface area (Å²) in [5.74, 6) is 1.72. The van der Waals surface area contributed by atoms with Crippen LogP contribution in [0.4, 0.5) is 0 Å². The summed E-state index contributed by atoms with van der Waals surface area (Å²) in [6.45, 7) is 2.22. The van der Waals surface area contributed by atoms with Gasteiger partial charge in [0, 0.05) is 30.3 Å². The van der Waals surface area contributed by atoms with Crippen LogP contribution in [0.2, 0.25) is 0 Å². The summed E-state index contributed by atoms with van der Waals surface area (Å²) in [7, 11) is 2.01. The van der Waals surface area contributed by atoms with Gasteiger partial charge >= 0.3 is 0 Å². The van der Waals surface area contributed by atoms with E-state index >= 15 is 0 Å². The molecule has 0 saturated heterocycles. The minimum atomic E-state index is 0. The normalized spacial score (nSPS) is 33.5. The zero-order chi connectivity index (χ0) is 13.8. The Balaban J connectivity index is 0.00000200. The minimum absolute atomic E-state index is 0. The molecule has 0 radical (unpaired) electrons. The Kier molecular flexibility index (Phi) is 7.70. The smallest absolute Gasteiger partial charge is 0.225 e. The lowest BCUT2D eigenvalue weighted by Gasteiger charge is -2.32. The molecule has 2 rings (SSSR count). The van der Waals surface area contributed by atoms with Crippen molar-refractivity contribution in [3.63, 3.8) is 0 Å². The van der Waals surface area contributed by atoms with Gasteiger partial charge in [0.1, 0.15) is 0 Å². The SMILES string of the molecule is CCSC1CCC(N(C)C(=O)C2CCCC(N)C2)C1.Cl. The molecule has 2 fully saturated rings. The fourth-order valence-corrected chi connectivity index (χ4v) is 4.71. The van der Waals surface area contributed by atoms with Gasteiger partial charge in [-0.3, -0.25) is 4.79 Å². The van der Waals surface area contributed by atoms with Gasteiger partial charge < -0.3 is 10.6 Å². The third-order valence-corrected chi connectivity index (χ3v) is 5.95. The summed E-state index contributed by atoms with van der Waals surface area (Å²) in [6.07, 6.45) is 7.76. The summed E-state index contributed by atoms with van der Waals surface area (Å²) in [6, 6.07) is 0.706. The zero-order valence-corrected chi connectivity index (χ0v) is 14.3. The molecule has 0 spiro atoms. The van der Waals surface area contributed by atoms with Crippen LogP contribution in [0.25, 0.3) is 0 Å². The Morgan fingerprint density at radius 1 is 1.25 bits per heavy atom. The van der Waals surface area contributed by atoms with Crippen LogP contribution >= 0.6 is 24.2 Å². The summed E-state index contributed by atoms with van der Waals surface area (Å²) in [5, 5.41) is 0.763. The number of rotatable bonds is 4. The molecule has 0 aromatic heterocycles. The molecule has 2 aliphatic rings. The van der Waals surface area contributed by atoms with Crippen molar-refractivity contribution in [2.24, 2.45) is 11.7 Å². The molecule has 2 saturated carbocycles. The maximum absolute atomic E-state index is 12.6. The molecule has 2 aliphatic carbocycles. The van der Waals surface area contributed by atoms with Gasteiger partial charge in [0.15, 0.2) is 0 Å². The molecule has 0 aliphatic heterocycles. The third-order valence-electron chi connectivity index (χ3n) is 4.72. The lowest BCUT2D eigenvalue weighted by molar-refractivity contribution is -0.137. The monoisotopic (exact) mass is 320 g/mol. The fraction of sp³-hybridized carbons (Fsp3) is 0.933. The lowest BCUT2D eigenvalue weighted by Crippen LogP contribution is -2.42. The van der Waals surface area contributed by atoms with E-state index in [0.717, 1.165) is 30.9 Å². The van der Waals surface area contributed by atoms with Crippen molar-refractivity contribution in [2.75, 3.05) is 12.8 Å². The van der Waals surface area contributed by atoms with Gasteiger partial charge in [-0.15, -0.1) is 12.4 Å². The first kappa shape index (κ1) is 18.1. The summed E-state index contributed by atoms with van der Waals surface area (Å²) in [4.78, 5) is 14.6. The second kappa shape index (κ2) is 8.50. The van der Waals surface area contributed by atoms with Crippen molar-refractivity contribution >= 4 is 30.1 Å². The van der Waals surface area contributed by atoms with E-state index < -0.39 is 0 Å². The number of hydrogen-bond acceptors (Lipinski definition) is 3. The van der Waals surface area contributed by atoms with Crippen molar-refractivity contribution in [1.82, 2.24) is 4.90 Å². The second-order valence-corrected chi connectivity index (χ2v) is 7.69. The van der Waals surface area contributed by atoms with Gasteiger partial charge in [0.2, 0.25) is 5.91 Å². The van der Waals surface area contributed by atoms with Crippen LogP contribution in [-0.4, -0.2) is 40.9 Å². The number of nitrogens with zero attached hydrogens (tertiary/aromatic N) is 1. The Hall–Kier alpha value is 0.0700. The second-order valence-electron chi connectivity index (χ2n) is 6.12. The van der Waals surface area contributed by atoms with E-state index in [4.69, 9.17) is 5.73 Å². The van der Waals surface area contributed by atoms with Crippen LogP contribution in [0.1, 0.15) is 51.9 Å². The number of halogens is 1. The molecule has 2 N–H and O–H groups in total. The van der Waals surface area contributed by atoms with Crippen molar-refractivity contribution in [3.05, 3.63) is 0 Å². The molecule has 118 valence electrons. The predicted molar refractivity (Wildman–Crippen MR) is 89.5 cm³/mol. The van der Waals surface area contributed by atoms with Gasteiger partial charge in [0.25, 0.3) is 0 Å². The molecule has 0 aromatic carbocycles. The van der Waals surface area contributed by atoms with E-state index in [-0.39, 0.29) is 24.4 Å². The van der Waals surface area contributed by atoms with E-state index in [1.165, 1.54) is 25.0 Å². The fourth-order valence-electron chi connectivity index (χ4n) is 3.58. The van der Waals surface area contributed by atoms with Crippen molar-refractivity contribution in [3.8, 4) is 0 Å². The van der Waals surface area contributed by atoms with Gasteiger partial charge in [-0.2, -0.15) is 11.8 Å². The number of thioether (sulfide) groups is 1. The number of hydrogen-bond donors (Lipinski definition) is 1. The Bertz CT molecular complexity index is 316. The molecular weight excluding hydrogens is 292 g/mol. The number of nitrogens with two attached hydrogens (primary N) is 1. The number of amides is 1. The van der Waals surface area contributed by atoms with Crippen molar-refractivity contribution < 1.29 is 4.79 Å². The Morgan fingerprint density at radius 3 is 2.65 bits per heavy atom. The molecule has 0 aromatic rings. The van der Waals surface area contributed by atoms with E-state index in [1.807, 2.05) is 23.7 Å². The maximum atomic E-state index is 12.6. The van der Waals surface area contributed by atoms with Gasteiger partial charge in [0.05, 0.1) is 0 Å². The van der Waals surface area contributed by atoms with Gasteiger partial charge in [-0.25, -0.2) is 0 Å². The average molecular weight is 321 g/mol. The average Bonchev–Trinajstić information content (AvgIpc) is 2.86. The van der Waals surface area contributed by atoms with Gasteiger partial charge in [-0.1, -0.05) is 13.3 Å².